The van der Waals surface area contributed by atoms with Gasteiger partial charge in [-0.1, -0.05) is 0 Å². The zero-order valence-electron chi connectivity index (χ0n) is 7.55. The van der Waals surface area contributed by atoms with Gasteiger partial charge >= 0.3 is 10.4 Å². The molecule has 0 unspecified atom stereocenters. The first kappa shape index (κ1) is 12.8. The van der Waals surface area contributed by atoms with Crippen molar-refractivity contribution in [3.63, 3.8) is 0 Å². The average Bonchev–Trinajstić information content (AvgIpc) is 2.42. The number of rotatable bonds is 4. The molecule has 1 saturated heterocycles. The zero-order valence-corrected chi connectivity index (χ0v) is 8.37. The number of ether oxygens (including phenoxy) is 1. The summed E-state index contributed by atoms with van der Waals surface area (Å²) in [5.74, 6) is 0. The zero-order chi connectivity index (χ0) is 11.6. The Morgan fingerprint density at radius 2 is 1.73 bits per heavy atom. The van der Waals surface area contributed by atoms with Crippen LogP contribution in [0.1, 0.15) is 0 Å². The highest BCUT2D eigenvalue weighted by atomic mass is 32.3. The predicted octanol–water partition coefficient (Wildman–Crippen LogP) is -2.71. The second-order valence-corrected chi connectivity index (χ2v) is 4.11. The molecular weight excluding hydrogens is 232 g/mol. The van der Waals surface area contributed by atoms with Gasteiger partial charge in [0, 0.05) is 0 Å². The van der Waals surface area contributed by atoms with Crippen LogP contribution >= 0.6 is 0 Å². The van der Waals surface area contributed by atoms with Crippen LogP contribution in [0.5, 0.6) is 0 Å². The minimum atomic E-state index is -4.75. The molecule has 9 heteroatoms. The number of hydrogen-bond donors (Lipinski definition) is 4. The van der Waals surface area contributed by atoms with Crippen molar-refractivity contribution >= 4 is 10.4 Å². The van der Waals surface area contributed by atoms with Crippen LogP contribution in [0.4, 0.5) is 0 Å². The molecule has 0 spiro atoms. The van der Waals surface area contributed by atoms with E-state index in [0.29, 0.717) is 0 Å². The van der Waals surface area contributed by atoms with E-state index in [4.69, 9.17) is 19.5 Å². The van der Waals surface area contributed by atoms with Crippen LogP contribution in [0.3, 0.4) is 0 Å². The Morgan fingerprint density at radius 3 is 2.13 bits per heavy atom. The highest BCUT2D eigenvalue weighted by Crippen LogP contribution is 2.24. The van der Waals surface area contributed by atoms with E-state index < -0.39 is 48.0 Å². The van der Waals surface area contributed by atoms with Crippen molar-refractivity contribution in [2.75, 3.05) is 13.2 Å². The van der Waals surface area contributed by atoms with Gasteiger partial charge in [0.15, 0.2) is 0 Å². The third-order valence-electron chi connectivity index (χ3n) is 2.03. The van der Waals surface area contributed by atoms with Crippen LogP contribution in [-0.2, 0) is 19.3 Å². The van der Waals surface area contributed by atoms with Gasteiger partial charge in [0.25, 0.3) is 0 Å². The van der Waals surface area contributed by atoms with Gasteiger partial charge in [0.1, 0.15) is 24.4 Å². The molecule has 4 atom stereocenters. The molecule has 8 nitrogen and oxygen atoms in total. The fourth-order valence-electron chi connectivity index (χ4n) is 1.37. The molecule has 0 aliphatic carbocycles. The maximum atomic E-state index is 10.4. The molecule has 0 aromatic rings. The number of aliphatic hydroxyl groups excluding tert-OH is 3. The molecule has 1 heterocycles. The first-order valence-corrected chi connectivity index (χ1v) is 5.46. The molecule has 0 aromatic heterocycles. The molecule has 90 valence electrons. The van der Waals surface area contributed by atoms with E-state index >= 15 is 0 Å². The molecule has 0 bridgehead atoms. The van der Waals surface area contributed by atoms with Crippen molar-refractivity contribution < 1.29 is 37.2 Å². The summed E-state index contributed by atoms with van der Waals surface area (Å²) in [5, 5.41) is 26.9. The molecule has 1 aliphatic heterocycles. The topological polar surface area (TPSA) is 134 Å². The van der Waals surface area contributed by atoms with Crippen molar-refractivity contribution in [2.24, 2.45) is 0 Å². The first-order chi connectivity index (χ1) is 6.89. The molecule has 1 aliphatic rings. The summed E-state index contributed by atoms with van der Waals surface area (Å²) in [7, 11) is -4.75. The molecule has 0 radical (unpaired) electrons. The lowest BCUT2D eigenvalue weighted by molar-refractivity contribution is -0.0383. The van der Waals surface area contributed by atoms with Crippen molar-refractivity contribution in [3.8, 4) is 0 Å². The summed E-state index contributed by atoms with van der Waals surface area (Å²) in [5.41, 5.74) is 0. The fourth-order valence-corrected chi connectivity index (χ4v) is 1.89. The molecule has 1 rings (SSSR count). The maximum Gasteiger partial charge on any atom is 0.397 e. The van der Waals surface area contributed by atoms with Crippen molar-refractivity contribution in [2.45, 2.75) is 24.4 Å². The van der Waals surface area contributed by atoms with Crippen LogP contribution in [0.15, 0.2) is 0 Å². The lowest BCUT2D eigenvalue weighted by Gasteiger charge is -2.16. The third kappa shape index (κ3) is 3.08. The lowest BCUT2D eigenvalue weighted by atomic mass is 10.1. The molecule has 1 fully saturated rings. The molecule has 0 aromatic carbocycles. The minimum Gasteiger partial charge on any atom is -0.394 e. The molecule has 4 N–H and O–H groups in total. The summed E-state index contributed by atoms with van der Waals surface area (Å²) in [4.78, 5) is 0. The number of aliphatic hydroxyl groups is 3. The van der Waals surface area contributed by atoms with Crippen LogP contribution in [0, 0.1) is 0 Å². The van der Waals surface area contributed by atoms with Gasteiger partial charge in [-0.3, -0.25) is 4.55 Å². The lowest BCUT2D eigenvalue weighted by Crippen LogP contribution is -2.38. The fraction of sp³-hybridized carbons (Fsp3) is 1.00. The molecule has 15 heavy (non-hydrogen) atoms. The summed E-state index contributed by atoms with van der Waals surface area (Å²) < 4.78 is 38.2. The monoisotopic (exact) mass is 244 g/mol. The van der Waals surface area contributed by atoms with Crippen molar-refractivity contribution in [1.82, 2.24) is 0 Å². The summed E-state index contributed by atoms with van der Waals surface area (Å²) >= 11 is 0. The van der Waals surface area contributed by atoms with Crippen molar-refractivity contribution in [3.05, 3.63) is 0 Å². The smallest absolute Gasteiger partial charge is 0.394 e. The van der Waals surface area contributed by atoms with Gasteiger partial charge in [-0.05, 0) is 0 Å². The van der Waals surface area contributed by atoms with Crippen LogP contribution in [0.25, 0.3) is 0 Å². The maximum absolute atomic E-state index is 10.4. The Hall–Kier alpha value is -0.290. The minimum absolute atomic E-state index is 0.553. The average molecular weight is 244 g/mol. The largest absolute Gasteiger partial charge is 0.397 e. The van der Waals surface area contributed by atoms with Gasteiger partial charge < -0.3 is 20.1 Å². The van der Waals surface area contributed by atoms with E-state index in [2.05, 4.69) is 4.18 Å². The van der Waals surface area contributed by atoms with Gasteiger partial charge in [-0.15, -0.1) is 0 Å². The van der Waals surface area contributed by atoms with Gasteiger partial charge in [0.05, 0.1) is 13.2 Å². The number of hydrogen-bond acceptors (Lipinski definition) is 7. The Bertz CT molecular complexity index is 298. The van der Waals surface area contributed by atoms with Crippen LogP contribution in [-0.4, -0.2) is 65.9 Å². The standard InChI is InChI=1S/C6H12O8S/c7-1-3-5(9)6(4(2-8)13-3)14-15(10,11)12/h3-9H,1-2H2,(H,10,11,12)/t3-,4-,5-,6+/m1/s1. The van der Waals surface area contributed by atoms with Crippen molar-refractivity contribution in [1.29, 1.82) is 0 Å². The van der Waals surface area contributed by atoms with Gasteiger partial charge in [0.2, 0.25) is 0 Å². The van der Waals surface area contributed by atoms with E-state index in [1.165, 1.54) is 0 Å². The van der Waals surface area contributed by atoms with Crippen LogP contribution in [0.2, 0.25) is 0 Å². The molecular formula is C6H12O8S. The Balaban J connectivity index is 2.76. The highest BCUT2D eigenvalue weighted by Gasteiger charge is 2.46. The molecule has 0 saturated carbocycles. The summed E-state index contributed by atoms with van der Waals surface area (Å²) in [6.45, 7) is -1.16. The van der Waals surface area contributed by atoms with E-state index in [1.54, 1.807) is 0 Å². The highest BCUT2D eigenvalue weighted by molar-refractivity contribution is 7.80. The van der Waals surface area contributed by atoms with E-state index in [9.17, 15) is 13.5 Å². The van der Waals surface area contributed by atoms with Gasteiger partial charge in [-0.25, -0.2) is 4.18 Å². The van der Waals surface area contributed by atoms with Crippen LogP contribution < -0.4 is 0 Å². The predicted molar refractivity (Wildman–Crippen MR) is 45.3 cm³/mol. The normalized spacial score (nSPS) is 37.1. The Labute approximate surface area is 86.0 Å². The molecule has 0 amide bonds. The SMILES string of the molecule is O=S(=O)(O)O[C@@H]1[C@H](O)[C@@H](CO)O[C@@H]1CO. The summed E-state index contributed by atoms with van der Waals surface area (Å²) in [6, 6.07) is 0. The Morgan fingerprint density at radius 1 is 1.20 bits per heavy atom. The Kier molecular flexibility index (Phi) is 4.00. The third-order valence-corrected chi connectivity index (χ3v) is 2.49. The second kappa shape index (κ2) is 4.70. The van der Waals surface area contributed by atoms with E-state index in [-0.39, 0.29) is 0 Å². The summed E-state index contributed by atoms with van der Waals surface area (Å²) in [6.07, 6.45) is -5.02. The quantitative estimate of drug-likeness (QED) is 0.392. The van der Waals surface area contributed by atoms with E-state index in [1.807, 2.05) is 0 Å². The first-order valence-electron chi connectivity index (χ1n) is 4.10. The second-order valence-electron chi connectivity index (χ2n) is 3.06. The van der Waals surface area contributed by atoms with E-state index in [0.717, 1.165) is 0 Å². The van der Waals surface area contributed by atoms with Gasteiger partial charge in [-0.2, -0.15) is 8.42 Å².